The third-order valence-electron chi connectivity index (χ3n) is 6.38. The molecule has 2 amide bonds. The highest BCUT2D eigenvalue weighted by atomic mass is 19.1. The van der Waals surface area contributed by atoms with E-state index in [0.29, 0.717) is 12.2 Å². The molecule has 7 nitrogen and oxygen atoms in total. The third-order valence-corrected chi connectivity index (χ3v) is 6.38. The Labute approximate surface area is 176 Å². The molecule has 1 N–H and O–H groups in total. The van der Waals surface area contributed by atoms with E-state index in [1.807, 2.05) is 26.2 Å². The minimum atomic E-state index is -0.336. The van der Waals surface area contributed by atoms with E-state index in [0.717, 1.165) is 31.2 Å². The quantitative estimate of drug-likeness (QED) is 0.610. The second-order valence-corrected chi connectivity index (χ2v) is 8.23. The molecular formula is C22H27FN6O. The first-order chi connectivity index (χ1) is 14.2. The fraction of sp³-hybridized carbons (Fsp3) is 0.455. The molecule has 1 saturated carbocycles. The summed E-state index contributed by atoms with van der Waals surface area (Å²) < 4.78 is 13.9. The number of nitrogens with zero attached hydrogens (tertiary/aromatic N) is 5. The number of nitrogens with one attached hydrogen (secondary N) is 1. The number of aliphatic imine (C=N–C) groups is 2. The average molecular weight is 410 g/mol. The van der Waals surface area contributed by atoms with Crippen LogP contribution in [0.4, 0.5) is 9.18 Å². The molecule has 3 rings (SSSR count). The van der Waals surface area contributed by atoms with Crippen molar-refractivity contribution in [3.63, 3.8) is 0 Å². The van der Waals surface area contributed by atoms with Crippen LogP contribution < -0.4 is 5.32 Å². The zero-order chi connectivity index (χ0) is 21.9. The molecule has 1 aromatic carbocycles. The zero-order valence-electron chi connectivity index (χ0n) is 17.7. The minimum Gasteiger partial charge on any atom is -0.330 e. The fourth-order valence-corrected chi connectivity index (χ4v) is 4.52. The Hall–Kier alpha value is -3.05. The van der Waals surface area contributed by atoms with Gasteiger partial charge in [0.1, 0.15) is 11.9 Å². The van der Waals surface area contributed by atoms with Crippen LogP contribution in [0.25, 0.3) is 0 Å². The van der Waals surface area contributed by atoms with Gasteiger partial charge >= 0.3 is 6.03 Å². The molecule has 8 heteroatoms. The fourth-order valence-electron chi connectivity index (χ4n) is 4.52. The summed E-state index contributed by atoms with van der Waals surface area (Å²) in [6.07, 6.45) is 4.62. The van der Waals surface area contributed by atoms with Crippen molar-refractivity contribution < 1.29 is 9.18 Å². The van der Waals surface area contributed by atoms with Crippen molar-refractivity contribution in [1.29, 1.82) is 5.26 Å². The highest BCUT2D eigenvalue weighted by Crippen LogP contribution is 2.46. The predicted molar refractivity (Wildman–Crippen MR) is 115 cm³/mol. The van der Waals surface area contributed by atoms with Gasteiger partial charge in [-0.15, -0.1) is 0 Å². The molecule has 2 fully saturated rings. The SMILES string of the molecule is C=N/C(C#N)=N\C=C(/C)N1C[C@]2(CC[C@](c3cccc(F)c3)(N(C)C)CC2)NC1=O. The topological polar surface area (TPSA) is 84.1 Å². The van der Waals surface area contributed by atoms with Crippen molar-refractivity contribution in [2.75, 3.05) is 20.6 Å². The standard InChI is InChI=1S/C22H27FN6O/c1-16(14-26-19(13-24)25-2)29-15-21(27-20(29)30)8-10-22(11-9-21,28(3)4)17-6-5-7-18(23)12-17/h5-7,12,14H,2,8-11,15H2,1,3-4H3,(H,27,30)/b16-14+,26-19-/t21-,22+. The van der Waals surface area contributed by atoms with Crippen LogP contribution in [-0.2, 0) is 5.54 Å². The van der Waals surface area contributed by atoms with Crippen molar-refractivity contribution in [2.24, 2.45) is 9.98 Å². The lowest BCUT2D eigenvalue weighted by atomic mass is 9.69. The molecule has 0 bridgehead atoms. The molecule has 1 aromatic rings. The molecule has 158 valence electrons. The molecule has 0 atom stereocenters. The monoisotopic (exact) mass is 410 g/mol. The Balaban J connectivity index is 1.79. The van der Waals surface area contributed by atoms with Crippen LogP contribution >= 0.6 is 0 Å². The van der Waals surface area contributed by atoms with Gasteiger partial charge < -0.3 is 5.32 Å². The van der Waals surface area contributed by atoms with Gasteiger partial charge in [0.15, 0.2) is 0 Å². The van der Waals surface area contributed by atoms with Crippen LogP contribution in [0.5, 0.6) is 0 Å². The van der Waals surface area contributed by atoms with Crippen LogP contribution in [0.3, 0.4) is 0 Å². The third kappa shape index (κ3) is 3.98. The molecule has 0 aromatic heterocycles. The average Bonchev–Trinajstić information content (AvgIpc) is 3.05. The molecule has 1 aliphatic heterocycles. The van der Waals surface area contributed by atoms with Crippen molar-refractivity contribution in [3.05, 3.63) is 47.5 Å². The Morgan fingerprint density at radius 3 is 2.63 bits per heavy atom. The van der Waals surface area contributed by atoms with E-state index in [-0.39, 0.29) is 28.8 Å². The number of benzene rings is 1. The number of allylic oxidation sites excluding steroid dienone is 1. The molecule has 1 saturated heterocycles. The van der Waals surface area contributed by atoms with E-state index in [4.69, 9.17) is 5.26 Å². The normalized spacial score (nSPS) is 27.3. The van der Waals surface area contributed by atoms with E-state index in [2.05, 4.69) is 26.9 Å². The van der Waals surface area contributed by atoms with Crippen molar-refractivity contribution in [2.45, 2.75) is 43.7 Å². The lowest BCUT2D eigenvalue weighted by Gasteiger charge is -2.48. The van der Waals surface area contributed by atoms with Crippen LogP contribution in [0.2, 0.25) is 0 Å². The summed E-state index contributed by atoms with van der Waals surface area (Å²) in [4.78, 5) is 23.9. The number of amides is 2. The minimum absolute atomic E-state index is 0.0489. The second kappa shape index (κ2) is 8.36. The summed E-state index contributed by atoms with van der Waals surface area (Å²) in [7, 11) is 4.04. The molecule has 0 radical (unpaired) electrons. The first-order valence-electron chi connectivity index (χ1n) is 9.90. The van der Waals surface area contributed by atoms with E-state index < -0.39 is 0 Å². The maximum absolute atomic E-state index is 13.9. The molecule has 1 aliphatic carbocycles. The summed E-state index contributed by atoms with van der Waals surface area (Å²) in [6, 6.07) is 8.46. The van der Waals surface area contributed by atoms with Gasteiger partial charge in [-0.25, -0.2) is 19.2 Å². The van der Waals surface area contributed by atoms with E-state index >= 15 is 0 Å². The van der Waals surface area contributed by atoms with Crippen LogP contribution in [0, 0.1) is 17.1 Å². The number of carbonyl (C=O) groups excluding carboxylic acids is 1. The summed E-state index contributed by atoms with van der Waals surface area (Å²) in [5.41, 5.74) is 1.00. The van der Waals surface area contributed by atoms with Gasteiger partial charge in [-0.1, -0.05) is 12.1 Å². The number of urea groups is 1. The lowest BCUT2D eigenvalue weighted by Crippen LogP contribution is -2.54. The van der Waals surface area contributed by atoms with Gasteiger partial charge in [-0.05, 0) is 71.1 Å². The highest BCUT2D eigenvalue weighted by Gasteiger charge is 2.50. The number of nitriles is 1. The van der Waals surface area contributed by atoms with Gasteiger partial charge in [0.25, 0.3) is 0 Å². The highest BCUT2D eigenvalue weighted by molar-refractivity contribution is 5.99. The molecule has 0 unspecified atom stereocenters. The number of carbonyl (C=O) groups is 1. The number of rotatable bonds is 4. The van der Waals surface area contributed by atoms with Crippen molar-refractivity contribution in [3.8, 4) is 6.07 Å². The Kier molecular flexibility index (Phi) is 6.04. The van der Waals surface area contributed by atoms with E-state index in [1.54, 1.807) is 24.0 Å². The number of hydrogen-bond donors (Lipinski definition) is 1. The first kappa shape index (κ1) is 21.7. The van der Waals surface area contributed by atoms with Gasteiger partial charge in [-0.2, -0.15) is 5.26 Å². The van der Waals surface area contributed by atoms with Crippen LogP contribution in [0.15, 0.2) is 46.1 Å². The molecule has 30 heavy (non-hydrogen) atoms. The largest absolute Gasteiger partial charge is 0.330 e. The Morgan fingerprint density at radius 2 is 2.07 bits per heavy atom. The maximum atomic E-state index is 13.9. The summed E-state index contributed by atoms with van der Waals surface area (Å²) >= 11 is 0. The second-order valence-electron chi connectivity index (χ2n) is 8.23. The summed E-state index contributed by atoms with van der Waals surface area (Å²) in [5.74, 6) is -0.284. The molecule has 1 heterocycles. The van der Waals surface area contributed by atoms with Gasteiger partial charge in [0.2, 0.25) is 5.84 Å². The molecule has 2 aliphatic rings. The summed E-state index contributed by atoms with van der Waals surface area (Å²) in [5, 5.41) is 12.1. The predicted octanol–water partition coefficient (Wildman–Crippen LogP) is 3.40. The zero-order valence-corrected chi connectivity index (χ0v) is 17.7. The van der Waals surface area contributed by atoms with Crippen molar-refractivity contribution in [1.82, 2.24) is 15.1 Å². The number of amidine groups is 1. The maximum Gasteiger partial charge on any atom is 0.322 e. The number of hydrogen-bond acceptors (Lipinski definition) is 4. The van der Waals surface area contributed by atoms with Crippen molar-refractivity contribution >= 4 is 18.6 Å². The summed E-state index contributed by atoms with van der Waals surface area (Å²) in [6.45, 7) is 5.60. The van der Waals surface area contributed by atoms with Gasteiger partial charge in [0, 0.05) is 17.4 Å². The number of halogens is 1. The lowest BCUT2D eigenvalue weighted by molar-refractivity contribution is 0.0626. The Morgan fingerprint density at radius 1 is 1.37 bits per heavy atom. The van der Waals surface area contributed by atoms with Gasteiger partial charge in [0.05, 0.1) is 12.1 Å². The first-order valence-corrected chi connectivity index (χ1v) is 9.90. The molecular weight excluding hydrogens is 383 g/mol. The smallest absolute Gasteiger partial charge is 0.322 e. The van der Waals surface area contributed by atoms with E-state index in [1.165, 1.54) is 12.3 Å². The molecule has 1 spiro atoms. The van der Waals surface area contributed by atoms with Crippen LogP contribution in [0.1, 0.15) is 38.2 Å². The van der Waals surface area contributed by atoms with E-state index in [9.17, 15) is 9.18 Å². The Bertz CT molecular complexity index is 937. The van der Waals surface area contributed by atoms with Crippen LogP contribution in [-0.4, -0.2) is 54.6 Å². The van der Waals surface area contributed by atoms with Gasteiger partial charge in [-0.3, -0.25) is 9.80 Å².